The normalized spacial score (nSPS) is 16.5. The summed E-state index contributed by atoms with van der Waals surface area (Å²) in [5.74, 6) is 1.61. The molecule has 6 nitrogen and oxygen atoms in total. The smallest absolute Gasteiger partial charge is 0.226 e. The van der Waals surface area contributed by atoms with Crippen LogP contribution < -0.4 is 10.2 Å². The lowest BCUT2D eigenvalue weighted by atomic mass is 9.94. The summed E-state index contributed by atoms with van der Waals surface area (Å²) >= 11 is 0. The van der Waals surface area contributed by atoms with Gasteiger partial charge in [0.05, 0.1) is 6.33 Å². The van der Waals surface area contributed by atoms with E-state index in [9.17, 15) is 0 Å². The molecule has 0 amide bonds. The summed E-state index contributed by atoms with van der Waals surface area (Å²) in [6, 6.07) is 0.583. The fraction of sp³-hybridized carbons (Fsp3) is 0.643. The van der Waals surface area contributed by atoms with Crippen molar-refractivity contribution in [3.63, 3.8) is 0 Å². The Balaban J connectivity index is 2.03. The van der Waals surface area contributed by atoms with Crippen LogP contribution in [0, 0.1) is 0 Å². The van der Waals surface area contributed by atoms with Gasteiger partial charge in [0.25, 0.3) is 0 Å². The maximum absolute atomic E-state index is 4.67. The number of imidazole rings is 1. The van der Waals surface area contributed by atoms with Gasteiger partial charge in [-0.25, -0.2) is 4.98 Å². The number of anilines is 2. The number of aromatic nitrogens is 4. The first-order valence-electron chi connectivity index (χ1n) is 7.49. The molecule has 2 aromatic heterocycles. The first-order chi connectivity index (χ1) is 9.83. The van der Waals surface area contributed by atoms with Crippen LogP contribution in [-0.4, -0.2) is 39.6 Å². The third-order valence-corrected chi connectivity index (χ3v) is 4.12. The fourth-order valence-electron chi connectivity index (χ4n) is 3.11. The third kappa shape index (κ3) is 2.30. The van der Waals surface area contributed by atoms with Crippen molar-refractivity contribution in [2.75, 3.05) is 23.8 Å². The van der Waals surface area contributed by atoms with E-state index in [0.717, 1.165) is 23.5 Å². The van der Waals surface area contributed by atoms with Crippen molar-refractivity contribution in [3.8, 4) is 0 Å². The van der Waals surface area contributed by atoms with E-state index in [1.807, 2.05) is 7.05 Å². The van der Waals surface area contributed by atoms with Crippen molar-refractivity contribution in [3.05, 3.63) is 6.33 Å². The Labute approximate surface area is 119 Å². The van der Waals surface area contributed by atoms with Gasteiger partial charge in [0.15, 0.2) is 11.5 Å². The molecule has 108 valence electrons. The van der Waals surface area contributed by atoms with Gasteiger partial charge in [-0.05, 0) is 19.8 Å². The maximum atomic E-state index is 4.67. The Kier molecular flexibility index (Phi) is 3.71. The van der Waals surface area contributed by atoms with Crippen LogP contribution in [0.3, 0.4) is 0 Å². The molecule has 2 N–H and O–H groups in total. The molecule has 6 heteroatoms. The topological polar surface area (TPSA) is 69.7 Å². The number of hydrogen-bond donors (Lipinski definition) is 2. The summed E-state index contributed by atoms with van der Waals surface area (Å²) in [6.45, 7) is 3.15. The van der Waals surface area contributed by atoms with Gasteiger partial charge >= 0.3 is 0 Å². The van der Waals surface area contributed by atoms with Gasteiger partial charge in [0, 0.05) is 19.6 Å². The predicted octanol–water partition coefficient (Wildman–Crippen LogP) is 2.55. The minimum atomic E-state index is 0.583. The van der Waals surface area contributed by atoms with E-state index in [1.165, 1.54) is 32.1 Å². The molecule has 0 unspecified atom stereocenters. The number of H-pyrrole nitrogens is 1. The Morgan fingerprint density at radius 3 is 2.80 bits per heavy atom. The second kappa shape index (κ2) is 5.64. The molecule has 0 bridgehead atoms. The van der Waals surface area contributed by atoms with Gasteiger partial charge in [0.1, 0.15) is 5.52 Å². The summed E-state index contributed by atoms with van der Waals surface area (Å²) in [7, 11) is 1.84. The summed E-state index contributed by atoms with van der Waals surface area (Å²) < 4.78 is 0. The third-order valence-electron chi connectivity index (χ3n) is 4.12. The van der Waals surface area contributed by atoms with Gasteiger partial charge in [-0.15, -0.1) is 0 Å². The van der Waals surface area contributed by atoms with Crippen molar-refractivity contribution < 1.29 is 0 Å². The van der Waals surface area contributed by atoms with Crippen LogP contribution in [0.15, 0.2) is 6.33 Å². The van der Waals surface area contributed by atoms with Crippen LogP contribution >= 0.6 is 0 Å². The van der Waals surface area contributed by atoms with E-state index in [2.05, 4.69) is 37.1 Å². The van der Waals surface area contributed by atoms with Crippen LogP contribution in [0.1, 0.15) is 39.0 Å². The molecule has 0 spiro atoms. The highest BCUT2D eigenvalue weighted by Crippen LogP contribution is 2.30. The van der Waals surface area contributed by atoms with Crippen molar-refractivity contribution in [1.82, 2.24) is 19.9 Å². The van der Waals surface area contributed by atoms with E-state index in [4.69, 9.17) is 0 Å². The number of fused-ring (bicyclic) bond motifs is 1. The van der Waals surface area contributed by atoms with E-state index < -0.39 is 0 Å². The molecule has 3 rings (SSSR count). The van der Waals surface area contributed by atoms with Crippen LogP contribution in [-0.2, 0) is 0 Å². The van der Waals surface area contributed by atoms with Crippen molar-refractivity contribution in [1.29, 1.82) is 0 Å². The van der Waals surface area contributed by atoms with Crippen LogP contribution in [0.2, 0.25) is 0 Å². The Morgan fingerprint density at radius 2 is 2.10 bits per heavy atom. The average Bonchev–Trinajstić information content (AvgIpc) is 2.97. The average molecular weight is 274 g/mol. The second-order valence-electron chi connectivity index (χ2n) is 5.30. The largest absolute Gasteiger partial charge is 0.357 e. The Morgan fingerprint density at radius 1 is 1.30 bits per heavy atom. The first kappa shape index (κ1) is 13.1. The molecule has 2 aromatic rings. The molecule has 1 aliphatic carbocycles. The molecule has 1 aliphatic rings. The molecule has 2 heterocycles. The number of rotatable bonds is 4. The molecule has 0 aromatic carbocycles. The van der Waals surface area contributed by atoms with Crippen LogP contribution in [0.4, 0.5) is 11.8 Å². The van der Waals surface area contributed by atoms with Crippen molar-refractivity contribution in [2.45, 2.75) is 45.1 Å². The van der Waals surface area contributed by atoms with E-state index in [-0.39, 0.29) is 0 Å². The summed E-state index contributed by atoms with van der Waals surface area (Å²) in [6.07, 6.45) is 8.19. The number of hydrogen-bond acceptors (Lipinski definition) is 5. The molecule has 1 fully saturated rings. The summed E-state index contributed by atoms with van der Waals surface area (Å²) in [5.41, 5.74) is 1.67. The molecule has 0 atom stereocenters. The number of nitrogens with one attached hydrogen (secondary N) is 2. The molecule has 0 radical (unpaired) electrons. The van der Waals surface area contributed by atoms with Gasteiger partial charge in [-0.3, -0.25) is 0 Å². The quantitative estimate of drug-likeness (QED) is 0.896. The zero-order chi connectivity index (χ0) is 13.9. The first-order valence-corrected chi connectivity index (χ1v) is 7.49. The van der Waals surface area contributed by atoms with Crippen LogP contribution in [0.5, 0.6) is 0 Å². The molecule has 1 saturated carbocycles. The zero-order valence-electron chi connectivity index (χ0n) is 12.2. The number of nitrogens with zero attached hydrogens (tertiary/aromatic N) is 4. The highest BCUT2D eigenvalue weighted by molar-refractivity contribution is 5.84. The SMILES string of the molecule is CCN(c1nc(NC)nc2nc[nH]c12)C1CCCCC1. The number of aromatic amines is 1. The summed E-state index contributed by atoms with van der Waals surface area (Å²) in [5, 5.41) is 3.03. The lowest BCUT2D eigenvalue weighted by Gasteiger charge is -2.34. The maximum Gasteiger partial charge on any atom is 0.226 e. The fourth-order valence-corrected chi connectivity index (χ4v) is 3.11. The zero-order valence-corrected chi connectivity index (χ0v) is 12.2. The van der Waals surface area contributed by atoms with Crippen molar-refractivity contribution in [2.24, 2.45) is 0 Å². The van der Waals surface area contributed by atoms with Crippen LogP contribution in [0.25, 0.3) is 11.2 Å². The summed E-state index contributed by atoms with van der Waals surface area (Å²) in [4.78, 5) is 18.9. The van der Waals surface area contributed by atoms with E-state index >= 15 is 0 Å². The molecule has 20 heavy (non-hydrogen) atoms. The lowest BCUT2D eigenvalue weighted by Crippen LogP contribution is -2.37. The molecule has 0 saturated heterocycles. The monoisotopic (exact) mass is 274 g/mol. The minimum absolute atomic E-state index is 0.583. The van der Waals surface area contributed by atoms with Gasteiger partial charge in [-0.1, -0.05) is 19.3 Å². The minimum Gasteiger partial charge on any atom is -0.357 e. The van der Waals surface area contributed by atoms with Gasteiger partial charge < -0.3 is 15.2 Å². The highest BCUT2D eigenvalue weighted by atomic mass is 15.3. The van der Waals surface area contributed by atoms with Crippen molar-refractivity contribution >= 4 is 22.9 Å². The van der Waals surface area contributed by atoms with Gasteiger partial charge in [0.2, 0.25) is 5.95 Å². The van der Waals surface area contributed by atoms with E-state index in [1.54, 1.807) is 6.33 Å². The highest BCUT2D eigenvalue weighted by Gasteiger charge is 2.24. The predicted molar refractivity (Wildman–Crippen MR) is 81.1 cm³/mol. The molecular weight excluding hydrogens is 252 g/mol. The standard InChI is InChI=1S/C14H22N6/c1-3-20(10-7-5-4-6-8-10)13-11-12(17-9-16-11)18-14(15-2)19-13/h9-10H,3-8H2,1-2H3,(H2,15,16,17,18,19). The lowest BCUT2D eigenvalue weighted by molar-refractivity contribution is 0.417. The Hall–Kier alpha value is -1.85. The Bertz CT molecular complexity index is 572. The van der Waals surface area contributed by atoms with Gasteiger partial charge in [-0.2, -0.15) is 9.97 Å². The van der Waals surface area contributed by atoms with E-state index in [0.29, 0.717) is 12.0 Å². The second-order valence-corrected chi connectivity index (χ2v) is 5.30. The molecular formula is C14H22N6. The molecule has 0 aliphatic heterocycles.